The van der Waals surface area contributed by atoms with Gasteiger partial charge in [-0.25, -0.2) is 8.78 Å². The Hall–Kier alpha value is -1.13. The van der Waals surface area contributed by atoms with Crippen LogP contribution in [0.3, 0.4) is 0 Å². The van der Waals surface area contributed by atoms with Crippen molar-refractivity contribution in [2.24, 2.45) is 0 Å². The number of rotatable bonds is 3. The first kappa shape index (κ1) is 14.3. The van der Waals surface area contributed by atoms with Gasteiger partial charge in [0.15, 0.2) is 0 Å². The van der Waals surface area contributed by atoms with Gasteiger partial charge in [-0.05, 0) is 58.7 Å². The first-order valence-electron chi connectivity index (χ1n) is 5.64. The lowest BCUT2D eigenvalue weighted by Gasteiger charge is -2.17. The number of nitrogens with one attached hydrogen (secondary N) is 1. The van der Waals surface area contributed by atoms with Crippen LogP contribution in [-0.2, 0) is 0 Å². The van der Waals surface area contributed by atoms with E-state index in [1.807, 2.05) is 6.92 Å². The highest BCUT2D eigenvalue weighted by Gasteiger charge is 2.10. The zero-order valence-corrected chi connectivity index (χ0v) is 12.4. The average Bonchev–Trinajstić information content (AvgIpc) is 2.36. The molecule has 1 atom stereocenters. The van der Waals surface area contributed by atoms with Crippen molar-refractivity contribution in [2.45, 2.75) is 13.0 Å². The third kappa shape index (κ3) is 3.45. The summed E-state index contributed by atoms with van der Waals surface area (Å²) < 4.78 is 26.5. The summed E-state index contributed by atoms with van der Waals surface area (Å²) >= 11 is 9.09. The zero-order valence-electron chi connectivity index (χ0n) is 10.1. The van der Waals surface area contributed by atoms with E-state index >= 15 is 0 Å². The molecule has 2 aromatic carbocycles. The maximum atomic E-state index is 13.2. The number of hydrogen-bond donors (Lipinski definition) is 1. The normalized spacial score (nSPS) is 12.3. The Morgan fingerprint density at radius 3 is 2.53 bits per heavy atom. The van der Waals surface area contributed by atoms with Gasteiger partial charge in [0, 0.05) is 6.04 Å². The summed E-state index contributed by atoms with van der Waals surface area (Å²) in [5, 5.41) is 3.47. The number of anilines is 1. The summed E-state index contributed by atoms with van der Waals surface area (Å²) in [6.07, 6.45) is 0. The van der Waals surface area contributed by atoms with Crippen LogP contribution in [0.2, 0.25) is 5.02 Å². The lowest BCUT2D eigenvalue weighted by Crippen LogP contribution is -2.07. The fourth-order valence-electron chi connectivity index (χ4n) is 1.70. The molecule has 0 saturated heterocycles. The minimum Gasteiger partial charge on any atom is -0.377 e. The van der Waals surface area contributed by atoms with Crippen molar-refractivity contribution in [2.75, 3.05) is 5.32 Å². The van der Waals surface area contributed by atoms with Crippen LogP contribution < -0.4 is 5.32 Å². The zero-order chi connectivity index (χ0) is 14.0. The SMILES string of the molecule is CC(Nc1ccc(F)cc1Cl)c1ccc(F)c(Br)c1. The summed E-state index contributed by atoms with van der Waals surface area (Å²) in [7, 11) is 0. The maximum Gasteiger partial charge on any atom is 0.137 e. The van der Waals surface area contributed by atoms with Gasteiger partial charge in [-0.15, -0.1) is 0 Å². The summed E-state index contributed by atoms with van der Waals surface area (Å²) in [5.41, 5.74) is 1.53. The van der Waals surface area contributed by atoms with Crippen molar-refractivity contribution >= 4 is 33.2 Å². The second-order valence-electron chi connectivity index (χ2n) is 4.16. The monoisotopic (exact) mass is 345 g/mol. The minimum atomic E-state index is -0.382. The van der Waals surface area contributed by atoms with Gasteiger partial charge in [0.2, 0.25) is 0 Å². The standard InChI is InChI=1S/C14H11BrClF2N/c1-8(9-2-4-13(18)11(15)6-9)19-14-5-3-10(17)7-12(14)16/h2-8,19H,1H3. The van der Waals surface area contributed by atoms with Crippen LogP contribution in [0, 0.1) is 11.6 Å². The van der Waals surface area contributed by atoms with E-state index in [2.05, 4.69) is 21.2 Å². The Bertz CT molecular complexity index is 604. The fourth-order valence-corrected chi connectivity index (χ4v) is 2.32. The molecule has 1 nitrogen and oxygen atoms in total. The molecule has 0 heterocycles. The molecule has 19 heavy (non-hydrogen) atoms. The van der Waals surface area contributed by atoms with Crippen LogP contribution in [-0.4, -0.2) is 0 Å². The molecule has 100 valence electrons. The third-order valence-electron chi connectivity index (χ3n) is 2.75. The van der Waals surface area contributed by atoms with E-state index in [1.165, 1.54) is 18.2 Å². The molecule has 0 aliphatic heterocycles. The van der Waals surface area contributed by atoms with E-state index < -0.39 is 0 Å². The second kappa shape index (κ2) is 5.88. The molecular weight excluding hydrogens is 336 g/mol. The highest BCUT2D eigenvalue weighted by Crippen LogP contribution is 2.28. The number of hydrogen-bond acceptors (Lipinski definition) is 1. The van der Waals surface area contributed by atoms with Crippen LogP contribution in [0.25, 0.3) is 0 Å². The van der Waals surface area contributed by atoms with Crippen LogP contribution in [0.4, 0.5) is 14.5 Å². The highest BCUT2D eigenvalue weighted by atomic mass is 79.9. The van der Waals surface area contributed by atoms with Gasteiger partial charge in [-0.1, -0.05) is 17.7 Å². The van der Waals surface area contributed by atoms with Gasteiger partial charge in [-0.2, -0.15) is 0 Å². The molecule has 0 amide bonds. The molecule has 0 bridgehead atoms. The van der Waals surface area contributed by atoms with Crippen molar-refractivity contribution in [3.63, 3.8) is 0 Å². The van der Waals surface area contributed by atoms with Crippen molar-refractivity contribution in [3.8, 4) is 0 Å². The smallest absolute Gasteiger partial charge is 0.137 e. The molecule has 0 aliphatic carbocycles. The van der Waals surface area contributed by atoms with Gasteiger partial charge >= 0.3 is 0 Å². The van der Waals surface area contributed by atoms with E-state index in [-0.39, 0.29) is 17.7 Å². The topological polar surface area (TPSA) is 12.0 Å². The Morgan fingerprint density at radius 1 is 1.16 bits per heavy atom. The van der Waals surface area contributed by atoms with Crippen molar-refractivity contribution in [1.82, 2.24) is 0 Å². The molecule has 2 rings (SSSR count). The Balaban J connectivity index is 2.20. The Kier molecular flexibility index (Phi) is 4.42. The third-order valence-corrected chi connectivity index (χ3v) is 3.67. The van der Waals surface area contributed by atoms with Crippen LogP contribution >= 0.6 is 27.5 Å². The van der Waals surface area contributed by atoms with Gasteiger partial charge in [0.1, 0.15) is 11.6 Å². The first-order valence-corrected chi connectivity index (χ1v) is 6.81. The van der Waals surface area contributed by atoms with Crippen LogP contribution in [0.15, 0.2) is 40.9 Å². The molecular formula is C14H11BrClF2N. The quantitative estimate of drug-likeness (QED) is 0.768. The Morgan fingerprint density at radius 2 is 1.89 bits per heavy atom. The Labute approximate surface area is 123 Å². The predicted molar refractivity (Wildman–Crippen MR) is 77.5 cm³/mol. The van der Waals surface area contributed by atoms with Crippen molar-refractivity contribution in [3.05, 3.63) is 63.1 Å². The van der Waals surface area contributed by atoms with Crippen molar-refractivity contribution in [1.29, 1.82) is 0 Å². The molecule has 5 heteroatoms. The molecule has 0 fully saturated rings. The molecule has 0 aliphatic rings. The molecule has 2 aromatic rings. The molecule has 0 radical (unpaired) electrons. The number of halogens is 4. The van der Waals surface area contributed by atoms with Gasteiger partial charge in [-0.3, -0.25) is 0 Å². The van der Waals surface area contributed by atoms with Crippen LogP contribution in [0.5, 0.6) is 0 Å². The summed E-state index contributed by atoms with van der Waals surface area (Å²) in [5.74, 6) is -0.691. The molecule has 0 saturated carbocycles. The largest absolute Gasteiger partial charge is 0.377 e. The van der Waals surface area contributed by atoms with Gasteiger partial charge in [0.25, 0.3) is 0 Å². The summed E-state index contributed by atoms with van der Waals surface area (Å²) in [4.78, 5) is 0. The predicted octanol–water partition coefficient (Wildman–Crippen LogP) is 5.55. The lowest BCUT2D eigenvalue weighted by molar-refractivity contribution is 0.619. The van der Waals surface area contributed by atoms with Gasteiger partial charge < -0.3 is 5.32 Å². The van der Waals surface area contributed by atoms with Crippen LogP contribution in [0.1, 0.15) is 18.5 Å². The lowest BCUT2D eigenvalue weighted by atomic mass is 10.1. The highest BCUT2D eigenvalue weighted by molar-refractivity contribution is 9.10. The molecule has 1 unspecified atom stereocenters. The minimum absolute atomic E-state index is 0.0835. The maximum absolute atomic E-state index is 13.2. The van der Waals surface area contributed by atoms with E-state index in [0.29, 0.717) is 15.2 Å². The fraction of sp³-hybridized carbons (Fsp3) is 0.143. The average molecular weight is 347 g/mol. The molecule has 0 spiro atoms. The van der Waals surface area contributed by atoms with E-state index in [9.17, 15) is 8.78 Å². The molecule has 1 N–H and O–H groups in total. The van der Waals surface area contributed by atoms with E-state index in [4.69, 9.17) is 11.6 Å². The van der Waals surface area contributed by atoms with E-state index in [0.717, 1.165) is 5.56 Å². The summed E-state index contributed by atoms with van der Waals surface area (Å²) in [6, 6.07) is 8.86. The first-order chi connectivity index (χ1) is 8.97. The second-order valence-corrected chi connectivity index (χ2v) is 5.43. The molecule has 0 aromatic heterocycles. The van der Waals surface area contributed by atoms with E-state index in [1.54, 1.807) is 18.2 Å². The van der Waals surface area contributed by atoms with Crippen molar-refractivity contribution < 1.29 is 8.78 Å². The summed E-state index contributed by atoms with van der Waals surface area (Å²) in [6.45, 7) is 1.92. The van der Waals surface area contributed by atoms with Gasteiger partial charge in [0.05, 0.1) is 15.2 Å². The number of benzene rings is 2.